The van der Waals surface area contributed by atoms with Crippen LogP contribution in [0.5, 0.6) is 0 Å². The predicted octanol–water partition coefficient (Wildman–Crippen LogP) is 2.08. The minimum Gasteiger partial charge on any atom is -0.384 e. The molecule has 1 fully saturated rings. The summed E-state index contributed by atoms with van der Waals surface area (Å²) in [5, 5.41) is 8.72. The van der Waals surface area contributed by atoms with E-state index in [2.05, 4.69) is 23.7 Å². The largest absolute Gasteiger partial charge is 0.384 e. The lowest BCUT2D eigenvalue weighted by Crippen LogP contribution is -2.39. The number of aliphatic hydroxyl groups is 1. The van der Waals surface area contributed by atoms with Gasteiger partial charge in [0.1, 0.15) is 6.61 Å². The Morgan fingerprint density at radius 3 is 2.76 bits per heavy atom. The maximum Gasteiger partial charge on any atom is 0.255 e. The van der Waals surface area contributed by atoms with Crippen molar-refractivity contribution in [1.82, 2.24) is 9.88 Å². The first-order valence-electron chi connectivity index (χ1n) is 7.43. The molecule has 1 aliphatic carbocycles. The van der Waals surface area contributed by atoms with Gasteiger partial charge >= 0.3 is 0 Å². The number of hydrogen-bond donors (Lipinski definition) is 1. The quantitative estimate of drug-likeness (QED) is 0.847. The molecule has 1 aromatic heterocycles. The van der Waals surface area contributed by atoms with Gasteiger partial charge < -0.3 is 10.0 Å². The van der Waals surface area contributed by atoms with Crippen LogP contribution in [0.4, 0.5) is 0 Å². The zero-order valence-corrected chi connectivity index (χ0v) is 12.7. The van der Waals surface area contributed by atoms with E-state index in [4.69, 9.17) is 5.11 Å². The fourth-order valence-electron chi connectivity index (χ4n) is 2.77. The van der Waals surface area contributed by atoms with Gasteiger partial charge in [0.2, 0.25) is 0 Å². The first-order valence-corrected chi connectivity index (χ1v) is 7.43. The van der Waals surface area contributed by atoms with E-state index in [-0.39, 0.29) is 12.5 Å². The number of hydrogen-bond acceptors (Lipinski definition) is 3. The van der Waals surface area contributed by atoms with Crippen LogP contribution in [0.3, 0.4) is 0 Å². The van der Waals surface area contributed by atoms with Crippen molar-refractivity contribution >= 4 is 5.91 Å². The summed E-state index contributed by atoms with van der Waals surface area (Å²) in [5.41, 5.74) is 1.21. The van der Waals surface area contributed by atoms with E-state index in [0.29, 0.717) is 17.2 Å². The van der Waals surface area contributed by atoms with Gasteiger partial charge in [0.15, 0.2) is 0 Å². The third kappa shape index (κ3) is 4.05. The van der Waals surface area contributed by atoms with Gasteiger partial charge in [0, 0.05) is 31.0 Å². The van der Waals surface area contributed by atoms with Crippen LogP contribution in [0, 0.1) is 17.8 Å². The predicted molar refractivity (Wildman–Crippen MR) is 81.7 cm³/mol. The van der Waals surface area contributed by atoms with E-state index in [1.165, 1.54) is 12.8 Å². The number of nitrogens with zero attached hydrogens (tertiary/aromatic N) is 2. The smallest absolute Gasteiger partial charge is 0.255 e. The second-order valence-electron chi connectivity index (χ2n) is 5.75. The molecule has 112 valence electrons. The summed E-state index contributed by atoms with van der Waals surface area (Å²) >= 11 is 0. The lowest BCUT2D eigenvalue weighted by molar-refractivity contribution is 0.0679. The Labute approximate surface area is 126 Å². The number of pyridine rings is 1. The number of carbonyl (C=O) groups excluding carboxylic acids is 1. The maximum atomic E-state index is 12.5. The highest BCUT2D eigenvalue weighted by molar-refractivity contribution is 5.94. The van der Waals surface area contributed by atoms with E-state index >= 15 is 0 Å². The summed E-state index contributed by atoms with van der Waals surface area (Å²) in [6, 6.07) is 2.06. The van der Waals surface area contributed by atoms with Crippen LogP contribution < -0.4 is 0 Å². The Morgan fingerprint density at radius 2 is 2.10 bits per heavy atom. The summed E-state index contributed by atoms with van der Waals surface area (Å²) in [6.45, 7) is 2.07. The average molecular weight is 286 g/mol. The van der Waals surface area contributed by atoms with E-state index in [1.54, 1.807) is 18.5 Å². The van der Waals surface area contributed by atoms with Crippen molar-refractivity contribution in [2.24, 2.45) is 5.92 Å². The standard InChI is InChI=1S/C17H22N2O2/c1-13-5-7-16(8-6-13)19(2)17(21)15-10-14(4-3-9-20)11-18-12-15/h10-13,16,20H,5-9H2,1-2H3. The van der Waals surface area contributed by atoms with Gasteiger partial charge in [-0.05, 0) is 37.7 Å². The topological polar surface area (TPSA) is 53.4 Å². The van der Waals surface area contributed by atoms with Gasteiger partial charge in [0.05, 0.1) is 5.56 Å². The highest BCUT2D eigenvalue weighted by Crippen LogP contribution is 2.27. The molecule has 4 heteroatoms. The average Bonchev–Trinajstić information content (AvgIpc) is 2.52. The Balaban J connectivity index is 2.08. The molecule has 0 aliphatic heterocycles. The second-order valence-corrected chi connectivity index (χ2v) is 5.75. The zero-order valence-electron chi connectivity index (χ0n) is 12.7. The lowest BCUT2D eigenvalue weighted by Gasteiger charge is -2.33. The summed E-state index contributed by atoms with van der Waals surface area (Å²) < 4.78 is 0. The molecule has 1 heterocycles. The van der Waals surface area contributed by atoms with Crippen LogP contribution in [0.25, 0.3) is 0 Å². The molecule has 21 heavy (non-hydrogen) atoms. The second kappa shape index (κ2) is 7.24. The van der Waals surface area contributed by atoms with Crippen LogP contribution in [-0.4, -0.2) is 40.6 Å². The highest BCUT2D eigenvalue weighted by atomic mass is 16.2. The van der Waals surface area contributed by atoms with E-state index in [0.717, 1.165) is 18.8 Å². The monoisotopic (exact) mass is 286 g/mol. The Hall–Kier alpha value is -1.86. The normalized spacial score (nSPS) is 21.3. The molecule has 1 aliphatic rings. The Bertz CT molecular complexity index is 551. The molecule has 1 amide bonds. The van der Waals surface area contributed by atoms with Crippen molar-refractivity contribution in [1.29, 1.82) is 0 Å². The Kier molecular flexibility index (Phi) is 5.35. The zero-order chi connectivity index (χ0) is 15.2. The van der Waals surface area contributed by atoms with Gasteiger partial charge in [-0.25, -0.2) is 0 Å². The minimum atomic E-state index is -0.196. The summed E-state index contributed by atoms with van der Waals surface area (Å²) in [5.74, 6) is 6.11. The molecule has 0 saturated heterocycles. The number of aliphatic hydroxyl groups excluding tert-OH is 1. The number of carbonyl (C=O) groups is 1. The third-order valence-corrected chi connectivity index (χ3v) is 4.15. The molecule has 2 rings (SSSR count). The molecule has 1 aromatic rings. The first kappa shape index (κ1) is 15.5. The van der Waals surface area contributed by atoms with Gasteiger partial charge in [-0.3, -0.25) is 9.78 Å². The molecule has 0 aromatic carbocycles. The molecule has 1 saturated carbocycles. The number of aromatic nitrogens is 1. The van der Waals surface area contributed by atoms with Gasteiger partial charge in [-0.1, -0.05) is 18.8 Å². The molecule has 0 unspecified atom stereocenters. The molecular formula is C17H22N2O2. The summed E-state index contributed by atoms with van der Waals surface area (Å²) in [4.78, 5) is 18.4. The fraction of sp³-hybridized carbons (Fsp3) is 0.529. The van der Waals surface area contributed by atoms with Crippen LogP contribution >= 0.6 is 0 Å². The molecule has 0 spiro atoms. The van der Waals surface area contributed by atoms with Crippen molar-refractivity contribution in [3.63, 3.8) is 0 Å². The third-order valence-electron chi connectivity index (χ3n) is 4.15. The fourth-order valence-corrected chi connectivity index (χ4v) is 2.77. The van der Waals surface area contributed by atoms with Crippen LogP contribution in [0.15, 0.2) is 18.5 Å². The van der Waals surface area contributed by atoms with E-state index in [1.807, 2.05) is 11.9 Å². The van der Waals surface area contributed by atoms with Gasteiger partial charge in [0.25, 0.3) is 5.91 Å². The van der Waals surface area contributed by atoms with E-state index < -0.39 is 0 Å². The molecule has 0 bridgehead atoms. The number of rotatable bonds is 2. The Morgan fingerprint density at radius 1 is 1.38 bits per heavy atom. The number of amides is 1. The van der Waals surface area contributed by atoms with Crippen LogP contribution in [-0.2, 0) is 0 Å². The van der Waals surface area contributed by atoms with Gasteiger partial charge in [-0.15, -0.1) is 0 Å². The highest BCUT2D eigenvalue weighted by Gasteiger charge is 2.25. The molecule has 0 atom stereocenters. The molecule has 4 nitrogen and oxygen atoms in total. The van der Waals surface area contributed by atoms with Crippen molar-refractivity contribution in [3.8, 4) is 11.8 Å². The van der Waals surface area contributed by atoms with Crippen LogP contribution in [0.2, 0.25) is 0 Å². The van der Waals surface area contributed by atoms with Crippen molar-refractivity contribution < 1.29 is 9.90 Å². The SMILES string of the molecule is CC1CCC(N(C)C(=O)c2cncc(C#CCO)c2)CC1. The first-order chi connectivity index (χ1) is 10.1. The molecule has 1 N–H and O–H groups in total. The van der Waals surface area contributed by atoms with Gasteiger partial charge in [-0.2, -0.15) is 0 Å². The molecular weight excluding hydrogens is 264 g/mol. The van der Waals surface area contributed by atoms with Crippen molar-refractivity contribution in [2.45, 2.75) is 38.6 Å². The van der Waals surface area contributed by atoms with Crippen molar-refractivity contribution in [3.05, 3.63) is 29.6 Å². The summed E-state index contributed by atoms with van der Waals surface area (Å²) in [6.07, 6.45) is 7.68. The summed E-state index contributed by atoms with van der Waals surface area (Å²) in [7, 11) is 1.87. The van der Waals surface area contributed by atoms with Crippen molar-refractivity contribution in [2.75, 3.05) is 13.7 Å². The minimum absolute atomic E-state index is 0.00491. The molecule has 0 radical (unpaired) electrons. The van der Waals surface area contributed by atoms with E-state index in [9.17, 15) is 4.79 Å². The van der Waals surface area contributed by atoms with Crippen LogP contribution in [0.1, 0.15) is 48.5 Å². The maximum absolute atomic E-state index is 12.5. The lowest BCUT2D eigenvalue weighted by atomic mass is 9.86.